The molecule has 0 amide bonds. The van der Waals surface area contributed by atoms with E-state index in [0.717, 1.165) is 38.9 Å². The highest BCUT2D eigenvalue weighted by atomic mass is 16.7. The minimum Gasteiger partial charge on any atom is -0.374 e. The fourth-order valence-corrected chi connectivity index (χ4v) is 9.67. The first-order valence-corrected chi connectivity index (χ1v) is 27.5. The van der Waals surface area contributed by atoms with Crippen molar-refractivity contribution in [2.75, 3.05) is 33.5 Å². The Hall–Kier alpha value is -6.46. The van der Waals surface area contributed by atoms with E-state index in [1.807, 2.05) is 224 Å². The summed E-state index contributed by atoms with van der Waals surface area (Å²) in [7, 11) is 1.61. The summed E-state index contributed by atoms with van der Waals surface area (Å²) < 4.78 is 79.8. The van der Waals surface area contributed by atoms with Crippen molar-refractivity contribution in [3.63, 3.8) is 0 Å². The number of benzene rings is 7. The van der Waals surface area contributed by atoms with Gasteiger partial charge in [-0.05, 0) is 44.5 Å². The highest BCUT2D eigenvalue weighted by Gasteiger charge is 2.50. The first-order chi connectivity index (χ1) is 39.6. The third-order valence-corrected chi connectivity index (χ3v) is 13.8. The minimum absolute atomic E-state index is 0.154. The van der Waals surface area contributed by atoms with E-state index in [0.29, 0.717) is 51.8 Å². The number of hydrogen-bond donors (Lipinski definition) is 0. The largest absolute Gasteiger partial charge is 0.374 e. The van der Waals surface area contributed by atoms with E-state index in [-0.39, 0.29) is 26.4 Å². The van der Waals surface area contributed by atoms with Gasteiger partial charge in [0.2, 0.25) is 0 Å². The van der Waals surface area contributed by atoms with E-state index < -0.39 is 61.4 Å². The molecular weight excluding hydrogens is 1010 g/mol. The van der Waals surface area contributed by atoms with Crippen LogP contribution in [0, 0.1) is 0 Å². The molecule has 12 nitrogen and oxygen atoms in total. The number of methoxy groups -OCH3 is 1. The molecule has 0 saturated carbocycles. The van der Waals surface area contributed by atoms with Gasteiger partial charge in [-0.1, -0.05) is 231 Å². The van der Waals surface area contributed by atoms with E-state index >= 15 is 0 Å². The topological polar surface area (TPSA) is 111 Å². The Morgan fingerprint density at radius 3 is 1.02 bits per heavy atom. The average molecular weight is 1080 g/mol. The van der Waals surface area contributed by atoms with Gasteiger partial charge in [0.25, 0.3) is 0 Å². The second kappa shape index (κ2) is 32.1. The van der Waals surface area contributed by atoms with Crippen LogP contribution in [0.1, 0.15) is 38.9 Å². The smallest absolute Gasteiger partial charge is 0.187 e. The quantitative estimate of drug-likeness (QED) is 0.0386. The molecule has 2 aliphatic heterocycles. The summed E-state index contributed by atoms with van der Waals surface area (Å²) in [5.74, 6) is 0. The Labute approximate surface area is 471 Å². The van der Waals surface area contributed by atoms with Gasteiger partial charge >= 0.3 is 0 Å². The molecule has 0 aromatic heterocycles. The molecule has 10 atom stereocenters. The van der Waals surface area contributed by atoms with E-state index in [4.69, 9.17) is 56.8 Å². The highest BCUT2D eigenvalue weighted by molar-refractivity contribution is 5.20. The number of hydrogen-bond acceptors (Lipinski definition) is 12. The van der Waals surface area contributed by atoms with Crippen molar-refractivity contribution in [1.82, 2.24) is 0 Å². The Balaban J connectivity index is 0.896. The molecule has 2 heterocycles. The van der Waals surface area contributed by atoms with Crippen molar-refractivity contribution in [2.45, 2.75) is 108 Å². The molecule has 0 unspecified atom stereocenters. The molecule has 0 N–H and O–H groups in total. The maximum absolute atomic E-state index is 6.91. The number of ether oxygens (including phenoxy) is 12. The summed E-state index contributed by atoms with van der Waals surface area (Å²) in [6.45, 7) is 7.36. The molecule has 12 heteroatoms. The lowest BCUT2D eigenvalue weighted by Gasteiger charge is -2.45. The van der Waals surface area contributed by atoms with Crippen LogP contribution in [0.15, 0.2) is 237 Å². The number of rotatable bonds is 31. The van der Waals surface area contributed by atoms with Gasteiger partial charge in [-0.2, -0.15) is 0 Å². The van der Waals surface area contributed by atoms with Crippen molar-refractivity contribution in [3.8, 4) is 0 Å². The summed E-state index contributed by atoms with van der Waals surface area (Å²) >= 11 is 0. The molecule has 0 bridgehead atoms. The highest BCUT2D eigenvalue weighted by Crippen LogP contribution is 2.34. The van der Waals surface area contributed by atoms with Crippen LogP contribution in [-0.2, 0) is 103 Å². The lowest BCUT2D eigenvalue weighted by molar-refractivity contribution is -0.326. The Morgan fingerprint density at radius 1 is 0.362 bits per heavy atom. The summed E-state index contributed by atoms with van der Waals surface area (Å²) in [6.07, 6.45) is -2.84. The van der Waals surface area contributed by atoms with Crippen LogP contribution in [0.3, 0.4) is 0 Å². The molecule has 418 valence electrons. The summed E-state index contributed by atoms with van der Waals surface area (Å²) in [4.78, 5) is 0. The van der Waals surface area contributed by atoms with Crippen molar-refractivity contribution in [3.05, 3.63) is 276 Å². The Kier molecular flexibility index (Phi) is 23.4. The van der Waals surface area contributed by atoms with Gasteiger partial charge in [0.1, 0.15) is 48.8 Å². The second-order valence-corrected chi connectivity index (χ2v) is 19.8. The first kappa shape index (κ1) is 58.2. The Bertz CT molecular complexity index is 2810. The SMILES string of the molecule is C=C(/C=C/CO[C@@H]1O[C@H](COCc2ccccc2)[C@H](OCc2ccccc2)[C@H](OCc2ccccc2)[C@H]1OCc1ccccc1)COC[C@H]1O[C@@H](OC)[C@H](OCc2ccccc2)[C@@H](OCc2ccccc2)[C@@H]1OCc1ccccc1. The normalized spacial score (nSPS) is 23.0. The zero-order valence-corrected chi connectivity index (χ0v) is 45.5. The molecule has 2 fully saturated rings. The second-order valence-electron chi connectivity index (χ2n) is 19.8. The molecule has 9 rings (SSSR count). The molecule has 2 saturated heterocycles. The van der Waals surface area contributed by atoms with E-state index in [9.17, 15) is 0 Å². The van der Waals surface area contributed by atoms with Gasteiger partial charge in [-0.25, -0.2) is 0 Å². The monoisotopic (exact) mass is 1080 g/mol. The van der Waals surface area contributed by atoms with Crippen LogP contribution >= 0.6 is 0 Å². The van der Waals surface area contributed by atoms with Gasteiger partial charge in [0.05, 0.1) is 72.7 Å². The lowest BCUT2D eigenvalue weighted by atomic mass is 9.97. The zero-order valence-electron chi connectivity index (χ0n) is 45.5. The molecule has 7 aromatic rings. The summed E-state index contributed by atoms with van der Waals surface area (Å²) in [6, 6.07) is 70.4. The minimum atomic E-state index is -0.877. The fourth-order valence-electron chi connectivity index (χ4n) is 9.67. The van der Waals surface area contributed by atoms with E-state index in [2.05, 4.69) is 6.58 Å². The average Bonchev–Trinajstić information content (AvgIpc) is 3.52. The molecule has 2 aliphatic rings. The third-order valence-electron chi connectivity index (χ3n) is 13.8. The van der Waals surface area contributed by atoms with Gasteiger partial charge in [0, 0.05) is 7.11 Å². The summed E-state index contributed by atoms with van der Waals surface area (Å²) in [5, 5.41) is 0. The van der Waals surface area contributed by atoms with Crippen LogP contribution in [0.4, 0.5) is 0 Å². The van der Waals surface area contributed by atoms with Gasteiger partial charge in [-0.15, -0.1) is 0 Å². The summed E-state index contributed by atoms with van der Waals surface area (Å²) in [5.41, 5.74) is 7.82. The Morgan fingerprint density at radius 2 is 0.662 bits per heavy atom. The zero-order chi connectivity index (χ0) is 54.8. The third kappa shape index (κ3) is 18.0. The van der Waals surface area contributed by atoms with Crippen molar-refractivity contribution in [1.29, 1.82) is 0 Å². The van der Waals surface area contributed by atoms with Gasteiger partial charge < -0.3 is 56.8 Å². The van der Waals surface area contributed by atoms with Crippen LogP contribution in [-0.4, -0.2) is 94.9 Å². The molecular formula is C68H74O12. The van der Waals surface area contributed by atoms with Crippen LogP contribution in [0.25, 0.3) is 0 Å². The molecule has 0 radical (unpaired) electrons. The predicted molar refractivity (Wildman–Crippen MR) is 306 cm³/mol. The maximum atomic E-state index is 6.91. The van der Waals surface area contributed by atoms with Gasteiger partial charge in [-0.3, -0.25) is 0 Å². The van der Waals surface area contributed by atoms with E-state index in [1.54, 1.807) is 7.11 Å². The van der Waals surface area contributed by atoms with E-state index in [1.165, 1.54) is 0 Å². The molecule has 80 heavy (non-hydrogen) atoms. The van der Waals surface area contributed by atoms with Crippen molar-refractivity contribution >= 4 is 0 Å². The van der Waals surface area contributed by atoms with Crippen LogP contribution < -0.4 is 0 Å². The fraction of sp³-hybridized carbons (Fsp3) is 0.324. The van der Waals surface area contributed by atoms with Crippen LogP contribution in [0.2, 0.25) is 0 Å². The molecule has 0 spiro atoms. The standard InChI is InChI=1S/C68H74O12/c1-51(41-70-49-59-61(73-43-53-28-12-4-13-29-53)63(75-45-55-32-16-6-17-33-55)65(67(69-2)79-59)77-47-57-36-20-8-21-37-57)25-24-40-72-68-66(78-48-58-38-22-9-23-39-58)64(76-46-56-34-18-7-19-35-56)62(74-44-54-30-14-5-15-31-54)60(80-68)50-71-42-52-26-10-3-11-27-52/h3-39,59-68H,1,40-50H2,2H3/b25-24+/t59-,60-,61-,62+,63+,64+,65-,66-,67-,68-/m1/s1. The van der Waals surface area contributed by atoms with Crippen molar-refractivity contribution < 1.29 is 56.8 Å². The predicted octanol–water partition coefficient (Wildman–Crippen LogP) is 12.0. The van der Waals surface area contributed by atoms with Crippen molar-refractivity contribution in [2.24, 2.45) is 0 Å². The first-order valence-electron chi connectivity index (χ1n) is 27.5. The van der Waals surface area contributed by atoms with Crippen LogP contribution in [0.5, 0.6) is 0 Å². The maximum Gasteiger partial charge on any atom is 0.187 e. The lowest BCUT2D eigenvalue weighted by Crippen LogP contribution is -2.61. The van der Waals surface area contributed by atoms with Gasteiger partial charge in [0.15, 0.2) is 12.6 Å². The molecule has 0 aliphatic carbocycles. The molecule has 7 aromatic carbocycles.